The molecule has 0 fully saturated rings. The number of benzene rings is 1. The number of amides is 1. The lowest BCUT2D eigenvalue weighted by molar-refractivity contribution is 0.102. The number of hydrogen-bond donors (Lipinski definition) is 3. The number of fused-ring (bicyclic) bond motifs is 1. The summed E-state index contributed by atoms with van der Waals surface area (Å²) in [5.41, 5.74) is -0.303. The van der Waals surface area contributed by atoms with Crippen LogP contribution >= 0.6 is 11.6 Å². The maximum absolute atomic E-state index is 12.4. The second kappa shape index (κ2) is 6.58. The SMILES string of the molecule is Cn1nnc2c(C(=O)Nc3cccc(NS(=O)O)c3Cl)ncn2c1=O. The zero-order valence-corrected chi connectivity index (χ0v) is 14.1. The van der Waals surface area contributed by atoms with Crippen LogP contribution in [0.5, 0.6) is 0 Å². The highest BCUT2D eigenvalue weighted by atomic mass is 35.5. The molecule has 13 heteroatoms. The van der Waals surface area contributed by atoms with Crippen molar-refractivity contribution in [2.45, 2.75) is 0 Å². The molecular weight excluding hydrogens is 374 g/mol. The van der Waals surface area contributed by atoms with Crippen molar-refractivity contribution in [2.24, 2.45) is 7.05 Å². The van der Waals surface area contributed by atoms with Gasteiger partial charge in [-0.2, -0.15) is 4.68 Å². The topological polar surface area (TPSA) is 144 Å². The zero-order valence-electron chi connectivity index (χ0n) is 12.5. The summed E-state index contributed by atoms with van der Waals surface area (Å²) in [7, 11) is 1.41. The number of hydrogen-bond acceptors (Lipinski definition) is 6. The van der Waals surface area contributed by atoms with E-state index in [1.807, 2.05) is 0 Å². The fourth-order valence-electron chi connectivity index (χ4n) is 2.02. The van der Waals surface area contributed by atoms with Crippen LogP contribution in [0.25, 0.3) is 5.65 Å². The highest BCUT2D eigenvalue weighted by Crippen LogP contribution is 2.30. The van der Waals surface area contributed by atoms with Gasteiger partial charge >= 0.3 is 5.69 Å². The van der Waals surface area contributed by atoms with E-state index in [0.717, 1.165) is 15.4 Å². The Balaban J connectivity index is 1.95. The molecule has 3 N–H and O–H groups in total. The summed E-state index contributed by atoms with van der Waals surface area (Å²) in [6, 6.07) is 4.49. The van der Waals surface area contributed by atoms with Gasteiger partial charge in [-0.1, -0.05) is 22.9 Å². The first-order chi connectivity index (χ1) is 11.9. The van der Waals surface area contributed by atoms with Gasteiger partial charge in [0.25, 0.3) is 17.2 Å². The number of nitrogens with one attached hydrogen (secondary N) is 2. The van der Waals surface area contributed by atoms with Crippen molar-refractivity contribution in [1.29, 1.82) is 0 Å². The molecule has 11 nitrogen and oxygen atoms in total. The average Bonchev–Trinajstić information content (AvgIpc) is 2.99. The number of anilines is 2. The van der Waals surface area contributed by atoms with Crippen molar-refractivity contribution >= 4 is 45.8 Å². The van der Waals surface area contributed by atoms with Crippen LogP contribution in [0.2, 0.25) is 5.02 Å². The third kappa shape index (κ3) is 3.22. The molecule has 0 radical (unpaired) electrons. The first-order valence-corrected chi connectivity index (χ1v) is 8.11. The van der Waals surface area contributed by atoms with Crippen LogP contribution in [0.4, 0.5) is 11.4 Å². The van der Waals surface area contributed by atoms with Gasteiger partial charge in [0.05, 0.1) is 16.4 Å². The molecule has 0 saturated heterocycles. The molecule has 1 amide bonds. The fourth-order valence-corrected chi connectivity index (χ4v) is 2.66. The highest BCUT2D eigenvalue weighted by molar-refractivity contribution is 7.80. The summed E-state index contributed by atoms with van der Waals surface area (Å²) in [5.74, 6) is -0.672. The summed E-state index contributed by atoms with van der Waals surface area (Å²) in [6.45, 7) is 0. The normalized spacial score (nSPS) is 12.1. The standard InChI is InChI=1S/C12H10ClN7O4S/c1-19-12(22)20-5-14-9(10(20)16-18-19)11(21)15-6-3-2-4-7(8(6)13)17-25(23)24/h2-5,17H,1H3,(H,15,21)(H,23,24). The van der Waals surface area contributed by atoms with Crippen LogP contribution in [0.1, 0.15) is 10.5 Å². The predicted molar refractivity (Wildman–Crippen MR) is 89.8 cm³/mol. The van der Waals surface area contributed by atoms with E-state index in [-0.39, 0.29) is 27.7 Å². The molecule has 0 aliphatic rings. The number of carbonyl (C=O) groups is 1. The minimum absolute atomic E-state index is 0.0116. The van der Waals surface area contributed by atoms with Gasteiger partial charge in [-0.3, -0.25) is 14.1 Å². The molecule has 0 aliphatic carbocycles. The molecule has 0 saturated carbocycles. The molecule has 1 atom stereocenters. The van der Waals surface area contributed by atoms with Gasteiger partial charge < -0.3 is 5.32 Å². The molecule has 25 heavy (non-hydrogen) atoms. The summed E-state index contributed by atoms with van der Waals surface area (Å²) in [6.07, 6.45) is 1.16. The van der Waals surface area contributed by atoms with Gasteiger partial charge in [0.1, 0.15) is 6.33 Å². The lowest BCUT2D eigenvalue weighted by atomic mass is 10.2. The molecule has 2 aromatic heterocycles. The number of aryl methyl sites for hydroxylation is 1. The fraction of sp³-hybridized carbons (Fsp3) is 0.0833. The zero-order chi connectivity index (χ0) is 18.1. The van der Waals surface area contributed by atoms with Crippen molar-refractivity contribution in [2.75, 3.05) is 10.0 Å². The molecule has 0 bridgehead atoms. The Hall–Kier alpha value is -2.83. The quantitative estimate of drug-likeness (QED) is 0.549. The predicted octanol–water partition coefficient (Wildman–Crippen LogP) is 0.277. The molecule has 3 rings (SSSR count). The molecule has 130 valence electrons. The Kier molecular flexibility index (Phi) is 4.48. The Morgan fingerprint density at radius 3 is 2.80 bits per heavy atom. The number of nitrogens with zero attached hydrogens (tertiary/aromatic N) is 5. The van der Waals surface area contributed by atoms with Gasteiger partial charge in [0.15, 0.2) is 11.3 Å². The van der Waals surface area contributed by atoms with E-state index < -0.39 is 22.9 Å². The smallest absolute Gasteiger partial charge is 0.319 e. The second-order valence-corrected chi connectivity index (χ2v) is 5.84. The Labute approximate surface area is 147 Å². The van der Waals surface area contributed by atoms with Crippen molar-refractivity contribution in [3.05, 3.63) is 45.7 Å². The van der Waals surface area contributed by atoms with Crippen LogP contribution in [0, 0.1) is 0 Å². The van der Waals surface area contributed by atoms with Crippen LogP contribution in [-0.4, -0.2) is 39.0 Å². The van der Waals surface area contributed by atoms with Crippen LogP contribution in [0.15, 0.2) is 29.3 Å². The average molecular weight is 384 g/mol. The molecule has 1 aromatic carbocycles. The van der Waals surface area contributed by atoms with Crippen molar-refractivity contribution < 1.29 is 13.6 Å². The Morgan fingerprint density at radius 2 is 2.08 bits per heavy atom. The molecular formula is C12H10ClN7O4S. The van der Waals surface area contributed by atoms with E-state index in [9.17, 15) is 13.8 Å². The molecule has 0 aliphatic heterocycles. The van der Waals surface area contributed by atoms with Crippen LogP contribution < -0.4 is 15.7 Å². The van der Waals surface area contributed by atoms with E-state index in [0.29, 0.717) is 0 Å². The highest BCUT2D eigenvalue weighted by Gasteiger charge is 2.19. The second-order valence-electron chi connectivity index (χ2n) is 4.75. The van der Waals surface area contributed by atoms with Gasteiger partial charge in [0.2, 0.25) is 0 Å². The van der Waals surface area contributed by atoms with Gasteiger partial charge in [0, 0.05) is 7.05 Å². The maximum Gasteiger partial charge on any atom is 0.352 e. The van der Waals surface area contributed by atoms with E-state index >= 15 is 0 Å². The summed E-state index contributed by atoms with van der Waals surface area (Å²) >= 11 is 3.77. The minimum atomic E-state index is -2.32. The molecule has 3 aromatic rings. The summed E-state index contributed by atoms with van der Waals surface area (Å²) in [4.78, 5) is 28.2. The van der Waals surface area contributed by atoms with Gasteiger partial charge in [-0.15, -0.1) is 5.10 Å². The third-order valence-corrected chi connectivity index (χ3v) is 3.96. The summed E-state index contributed by atoms with van der Waals surface area (Å²) < 4.78 is 24.0. The lowest BCUT2D eigenvalue weighted by Gasteiger charge is -2.10. The summed E-state index contributed by atoms with van der Waals surface area (Å²) in [5, 5.41) is 9.93. The number of rotatable bonds is 4. The van der Waals surface area contributed by atoms with Crippen molar-refractivity contribution in [3.63, 3.8) is 0 Å². The van der Waals surface area contributed by atoms with Crippen LogP contribution in [-0.2, 0) is 18.3 Å². The number of carbonyl (C=O) groups excluding carboxylic acids is 1. The Bertz CT molecular complexity index is 1060. The number of aromatic nitrogens is 5. The van der Waals surface area contributed by atoms with E-state index in [2.05, 4.69) is 25.3 Å². The van der Waals surface area contributed by atoms with E-state index in [1.165, 1.54) is 25.2 Å². The largest absolute Gasteiger partial charge is 0.352 e. The number of imidazole rings is 1. The first kappa shape index (κ1) is 17.0. The van der Waals surface area contributed by atoms with Gasteiger partial charge in [-0.05, 0) is 12.1 Å². The van der Waals surface area contributed by atoms with Gasteiger partial charge in [-0.25, -0.2) is 18.4 Å². The molecule has 1 unspecified atom stereocenters. The molecule has 2 heterocycles. The minimum Gasteiger partial charge on any atom is -0.319 e. The third-order valence-electron chi connectivity index (χ3n) is 3.16. The maximum atomic E-state index is 12.4. The monoisotopic (exact) mass is 383 g/mol. The number of halogens is 1. The van der Waals surface area contributed by atoms with Crippen molar-refractivity contribution in [3.8, 4) is 0 Å². The Morgan fingerprint density at radius 1 is 1.36 bits per heavy atom. The van der Waals surface area contributed by atoms with Crippen LogP contribution in [0.3, 0.4) is 0 Å². The van der Waals surface area contributed by atoms with E-state index in [4.69, 9.17) is 16.2 Å². The molecule has 0 spiro atoms. The van der Waals surface area contributed by atoms with E-state index in [1.54, 1.807) is 0 Å². The first-order valence-electron chi connectivity index (χ1n) is 6.63. The van der Waals surface area contributed by atoms with Crippen molar-refractivity contribution in [1.82, 2.24) is 24.4 Å². The lowest BCUT2D eigenvalue weighted by Crippen LogP contribution is -2.27.